The predicted octanol–water partition coefficient (Wildman–Crippen LogP) is 3.55. The minimum absolute atomic E-state index is 0.454. The van der Waals surface area contributed by atoms with Gasteiger partial charge in [0, 0.05) is 19.3 Å². The topological polar surface area (TPSA) is 39.1 Å². The van der Waals surface area contributed by atoms with Crippen LogP contribution >= 0.6 is 0 Å². The number of hydrogen-bond acceptors (Lipinski definition) is 3. The Hall–Kier alpha value is -1.03. The monoisotopic (exact) mass is 279 g/mol. The molecule has 0 saturated heterocycles. The van der Waals surface area contributed by atoms with E-state index in [9.17, 15) is 0 Å². The maximum atomic E-state index is 5.07. The molecule has 0 amide bonds. The van der Waals surface area contributed by atoms with Gasteiger partial charge in [-0.05, 0) is 37.0 Å². The van der Waals surface area contributed by atoms with E-state index in [0.29, 0.717) is 18.1 Å². The largest absolute Gasteiger partial charge is 0.383 e. The Morgan fingerprint density at radius 1 is 1.30 bits per heavy atom. The molecule has 1 heterocycles. The van der Waals surface area contributed by atoms with Gasteiger partial charge < -0.3 is 10.1 Å². The third-order valence-electron chi connectivity index (χ3n) is 4.48. The average Bonchev–Trinajstić information content (AvgIpc) is 2.83. The molecule has 1 aromatic rings. The highest BCUT2D eigenvalue weighted by molar-refractivity contribution is 5.39. The van der Waals surface area contributed by atoms with Gasteiger partial charge in [-0.15, -0.1) is 0 Å². The van der Waals surface area contributed by atoms with Gasteiger partial charge >= 0.3 is 0 Å². The third kappa shape index (κ3) is 4.23. The molecule has 0 aromatic carbocycles. The van der Waals surface area contributed by atoms with E-state index < -0.39 is 0 Å². The number of methoxy groups -OCH3 is 1. The molecule has 0 spiro atoms. The highest BCUT2D eigenvalue weighted by Gasteiger charge is 2.29. The van der Waals surface area contributed by atoms with Gasteiger partial charge in [-0.3, -0.25) is 4.68 Å². The van der Waals surface area contributed by atoms with E-state index in [2.05, 4.69) is 37.4 Å². The van der Waals surface area contributed by atoms with Crippen molar-refractivity contribution in [3.05, 3.63) is 12.4 Å². The molecule has 0 bridgehead atoms. The lowest BCUT2D eigenvalue weighted by Crippen LogP contribution is -2.31. The van der Waals surface area contributed by atoms with Crippen molar-refractivity contribution >= 4 is 5.69 Å². The van der Waals surface area contributed by atoms with E-state index in [1.807, 2.05) is 10.9 Å². The van der Waals surface area contributed by atoms with E-state index in [-0.39, 0.29) is 0 Å². The quantitative estimate of drug-likeness (QED) is 0.896. The maximum Gasteiger partial charge on any atom is 0.0728 e. The number of ether oxygens (including phenoxy) is 1. The van der Waals surface area contributed by atoms with Gasteiger partial charge in [-0.25, -0.2) is 0 Å². The Bertz CT molecular complexity index is 400. The number of anilines is 1. The number of hydrogen-bond donors (Lipinski definition) is 1. The molecule has 1 saturated carbocycles. The average molecular weight is 279 g/mol. The van der Waals surface area contributed by atoms with E-state index in [0.717, 1.165) is 18.2 Å². The van der Waals surface area contributed by atoms with Crippen molar-refractivity contribution in [3.8, 4) is 0 Å². The Kier molecular flexibility index (Phi) is 5.08. The number of nitrogens with zero attached hydrogens (tertiary/aromatic N) is 2. The van der Waals surface area contributed by atoms with Gasteiger partial charge in [0.25, 0.3) is 0 Å². The first-order valence-electron chi connectivity index (χ1n) is 7.77. The van der Waals surface area contributed by atoms with Crippen molar-refractivity contribution in [3.63, 3.8) is 0 Å². The molecule has 2 rings (SSSR count). The number of rotatable bonds is 5. The first-order chi connectivity index (χ1) is 9.49. The Balaban J connectivity index is 1.79. The fourth-order valence-electron chi connectivity index (χ4n) is 3.08. The molecular weight excluding hydrogens is 250 g/mol. The van der Waals surface area contributed by atoms with Crippen molar-refractivity contribution in [2.45, 2.75) is 59.0 Å². The van der Waals surface area contributed by atoms with E-state index in [1.54, 1.807) is 7.11 Å². The standard InChI is InChI=1S/C16H29N3O/c1-16(2,3)13-5-7-14(8-6-13)18-15-11-17-19(12-15)9-10-20-4/h11-14,18H,5-10H2,1-4H3. The fourth-order valence-corrected chi connectivity index (χ4v) is 3.08. The Morgan fingerprint density at radius 3 is 2.60 bits per heavy atom. The van der Waals surface area contributed by atoms with Crippen molar-refractivity contribution in [1.82, 2.24) is 9.78 Å². The zero-order valence-corrected chi connectivity index (χ0v) is 13.4. The van der Waals surface area contributed by atoms with Crippen LogP contribution in [0.3, 0.4) is 0 Å². The summed E-state index contributed by atoms with van der Waals surface area (Å²) in [5, 5.41) is 7.97. The fraction of sp³-hybridized carbons (Fsp3) is 0.812. The SMILES string of the molecule is COCCn1cc(NC2CCC(C(C)(C)C)CC2)cn1. The molecule has 1 aromatic heterocycles. The first kappa shape index (κ1) is 15.4. The van der Waals surface area contributed by atoms with Gasteiger partial charge in [0.2, 0.25) is 0 Å². The molecule has 0 atom stereocenters. The lowest BCUT2D eigenvalue weighted by Gasteiger charge is -2.37. The molecule has 0 unspecified atom stereocenters. The van der Waals surface area contributed by atoms with Crippen molar-refractivity contribution in [1.29, 1.82) is 0 Å². The molecule has 114 valence electrons. The summed E-state index contributed by atoms with van der Waals surface area (Å²) < 4.78 is 7.00. The van der Waals surface area contributed by atoms with E-state index in [4.69, 9.17) is 4.74 Å². The normalized spacial score (nSPS) is 23.8. The van der Waals surface area contributed by atoms with Crippen LogP contribution in [-0.4, -0.2) is 29.5 Å². The Labute approximate surface area is 122 Å². The van der Waals surface area contributed by atoms with Crippen molar-refractivity contribution < 1.29 is 4.74 Å². The molecule has 1 aliphatic rings. The summed E-state index contributed by atoms with van der Waals surface area (Å²) in [5.41, 5.74) is 1.59. The van der Waals surface area contributed by atoms with Gasteiger partial charge in [-0.1, -0.05) is 20.8 Å². The molecule has 1 N–H and O–H groups in total. The lowest BCUT2D eigenvalue weighted by atomic mass is 9.71. The summed E-state index contributed by atoms with van der Waals surface area (Å²) in [6.07, 6.45) is 9.20. The zero-order valence-electron chi connectivity index (χ0n) is 13.4. The van der Waals surface area contributed by atoms with E-state index in [1.165, 1.54) is 25.7 Å². The summed E-state index contributed by atoms with van der Waals surface area (Å²) in [7, 11) is 1.72. The van der Waals surface area contributed by atoms with Crippen LogP contribution in [-0.2, 0) is 11.3 Å². The van der Waals surface area contributed by atoms with E-state index >= 15 is 0 Å². The van der Waals surface area contributed by atoms with Crippen LogP contribution in [0, 0.1) is 11.3 Å². The second-order valence-electron chi connectivity index (χ2n) is 7.04. The second-order valence-corrected chi connectivity index (χ2v) is 7.04. The van der Waals surface area contributed by atoms with Gasteiger partial charge in [0.1, 0.15) is 0 Å². The van der Waals surface area contributed by atoms with Crippen molar-refractivity contribution in [2.24, 2.45) is 11.3 Å². The molecule has 1 aliphatic carbocycles. The molecule has 20 heavy (non-hydrogen) atoms. The second kappa shape index (κ2) is 6.61. The molecule has 0 radical (unpaired) electrons. The first-order valence-corrected chi connectivity index (χ1v) is 7.77. The zero-order chi connectivity index (χ0) is 14.6. The summed E-state index contributed by atoms with van der Waals surface area (Å²) >= 11 is 0. The van der Waals surface area contributed by atoms with Crippen LogP contribution in [0.5, 0.6) is 0 Å². The smallest absolute Gasteiger partial charge is 0.0728 e. The third-order valence-corrected chi connectivity index (χ3v) is 4.48. The van der Waals surface area contributed by atoms with Crippen molar-refractivity contribution in [2.75, 3.05) is 19.0 Å². The summed E-state index contributed by atoms with van der Waals surface area (Å²) in [5.74, 6) is 0.866. The summed E-state index contributed by atoms with van der Waals surface area (Å²) in [6.45, 7) is 8.62. The highest BCUT2D eigenvalue weighted by atomic mass is 16.5. The lowest BCUT2D eigenvalue weighted by molar-refractivity contribution is 0.173. The Morgan fingerprint density at radius 2 is 2.00 bits per heavy atom. The van der Waals surface area contributed by atoms with Gasteiger partial charge in [0.05, 0.1) is 25.0 Å². The summed E-state index contributed by atoms with van der Waals surface area (Å²) in [6, 6.07) is 0.605. The molecule has 0 aliphatic heterocycles. The summed E-state index contributed by atoms with van der Waals surface area (Å²) in [4.78, 5) is 0. The molecule has 4 nitrogen and oxygen atoms in total. The number of aromatic nitrogens is 2. The minimum Gasteiger partial charge on any atom is -0.383 e. The van der Waals surface area contributed by atoms with Crippen LogP contribution < -0.4 is 5.32 Å². The minimum atomic E-state index is 0.454. The molecular formula is C16H29N3O. The highest BCUT2D eigenvalue weighted by Crippen LogP contribution is 2.38. The predicted molar refractivity (Wildman–Crippen MR) is 82.9 cm³/mol. The number of nitrogens with one attached hydrogen (secondary N) is 1. The van der Waals surface area contributed by atoms with Gasteiger partial charge in [0.15, 0.2) is 0 Å². The van der Waals surface area contributed by atoms with Crippen LogP contribution in [0.4, 0.5) is 5.69 Å². The van der Waals surface area contributed by atoms with Gasteiger partial charge in [-0.2, -0.15) is 5.10 Å². The van der Waals surface area contributed by atoms with Crippen LogP contribution in [0.15, 0.2) is 12.4 Å². The maximum absolute atomic E-state index is 5.07. The molecule has 1 fully saturated rings. The van der Waals surface area contributed by atoms with Crippen LogP contribution in [0.2, 0.25) is 0 Å². The molecule has 4 heteroatoms. The van der Waals surface area contributed by atoms with Crippen LogP contribution in [0.25, 0.3) is 0 Å². The van der Waals surface area contributed by atoms with Crippen LogP contribution in [0.1, 0.15) is 46.5 Å².